The Labute approximate surface area is 148 Å². The molecule has 25 heavy (non-hydrogen) atoms. The standard InChI is InChI=1S/C20H24N2O3/c1-14-9-10-22(18(12-14)19-4-3-11-25-19)20(24)17-7-5-16(6-8-17)13-21-15(2)23/h3-8,11,14,18H,9-10,12-13H2,1-2H3,(H,21,23)/t14-,18-/m1/s1. The highest BCUT2D eigenvalue weighted by Crippen LogP contribution is 2.35. The Bertz CT molecular complexity index is 722. The van der Waals surface area contributed by atoms with E-state index < -0.39 is 0 Å². The van der Waals surface area contributed by atoms with Crippen LogP contribution in [0.5, 0.6) is 0 Å². The molecule has 1 aliphatic rings. The number of nitrogens with zero attached hydrogens (tertiary/aromatic N) is 1. The largest absolute Gasteiger partial charge is 0.467 e. The van der Waals surface area contributed by atoms with Crippen LogP contribution in [-0.4, -0.2) is 23.3 Å². The molecule has 0 radical (unpaired) electrons. The van der Waals surface area contributed by atoms with Crippen molar-refractivity contribution >= 4 is 11.8 Å². The number of benzene rings is 1. The Morgan fingerprint density at radius 3 is 2.64 bits per heavy atom. The van der Waals surface area contributed by atoms with E-state index in [0.717, 1.165) is 30.7 Å². The van der Waals surface area contributed by atoms with Gasteiger partial charge in [-0.25, -0.2) is 0 Å². The third-order valence-electron chi connectivity index (χ3n) is 4.74. The Hall–Kier alpha value is -2.56. The molecule has 1 saturated heterocycles. The number of carbonyl (C=O) groups excluding carboxylic acids is 2. The number of nitrogens with one attached hydrogen (secondary N) is 1. The van der Waals surface area contributed by atoms with Gasteiger partial charge < -0.3 is 14.6 Å². The molecule has 0 saturated carbocycles. The second-order valence-electron chi connectivity index (χ2n) is 6.77. The first-order valence-corrected chi connectivity index (χ1v) is 8.72. The molecule has 0 bridgehead atoms. The predicted octanol–water partition coefficient (Wildman–Crippen LogP) is 3.53. The van der Waals surface area contributed by atoms with Crippen LogP contribution in [0, 0.1) is 5.92 Å². The Morgan fingerprint density at radius 2 is 2.00 bits per heavy atom. The quantitative estimate of drug-likeness (QED) is 0.926. The fourth-order valence-corrected chi connectivity index (χ4v) is 3.29. The minimum atomic E-state index is -0.0659. The van der Waals surface area contributed by atoms with Gasteiger partial charge in [0.2, 0.25) is 5.91 Å². The number of furan rings is 1. The molecule has 5 heteroatoms. The molecule has 5 nitrogen and oxygen atoms in total. The summed E-state index contributed by atoms with van der Waals surface area (Å²) in [7, 11) is 0. The second kappa shape index (κ2) is 7.55. The molecule has 0 aliphatic carbocycles. The van der Waals surface area contributed by atoms with Gasteiger partial charge in [-0.15, -0.1) is 0 Å². The van der Waals surface area contributed by atoms with Crippen LogP contribution in [0.3, 0.4) is 0 Å². The van der Waals surface area contributed by atoms with E-state index in [9.17, 15) is 9.59 Å². The molecule has 2 atom stereocenters. The summed E-state index contributed by atoms with van der Waals surface area (Å²) in [6.07, 6.45) is 3.58. The van der Waals surface area contributed by atoms with Crippen LogP contribution < -0.4 is 5.32 Å². The number of rotatable bonds is 4. The zero-order chi connectivity index (χ0) is 17.8. The summed E-state index contributed by atoms with van der Waals surface area (Å²) in [5, 5.41) is 2.76. The number of likely N-dealkylation sites (tertiary alicyclic amines) is 1. The fourth-order valence-electron chi connectivity index (χ4n) is 3.29. The predicted molar refractivity (Wildman–Crippen MR) is 94.8 cm³/mol. The first-order chi connectivity index (χ1) is 12.0. The van der Waals surface area contributed by atoms with Crippen LogP contribution >= 0.6 is 0 Å². The number of amides is 2. The molecule has 1 aliphatic heterocycles. The number of hydrogen-bond acceptors (Lipinski definition) is 3. The normalized spacial score (nSPS) is 20.3. The SMILES string of the molecule is CC(=O)NCc1ccc(C(=O)N2CC[C@@H](C)C[C@@H]2c2ccco2)cc1. The van der Waals surface area contributed by atoms with E-state index in [1.165, 1.54) is 6.92 Å². The molecule has 2 aromatic rings. The van der Waals surface area contributed by atoms with Gasteiger partial charge in [0.25, 0.3) is 5.91 Å². The van der Waals surface area contributed by atoms with Gasteiger partial charge in [-0.1, -0.05) is 19.1 Å². The molecule has 1 aromatic carbocycles. The van der Waals surface area contributed by atoms with Crippen LogP contribution in [0.1, 0.15) is 54.4 Å². The molecule has 1 fully saturated rings. The van der Waals surface area contributed by atoms with E-state index in [2.05, 4.69) is 12.2 Å². The van der Waals surface area contributed by atoms with E-state index in [-0.39, 0.29) is 17.9 Å². The highest BCUT2D eigenvalue weighted by Gasteiger charge is 2.33. The van der Waals surface area contributed by atoms with E-state index in [1.54, 1.807) is 6.26 Å². The molecule has 0 unspecified atom stereocenters. The first-order valence-electron chi connectivity index (χ1n) is 8.72. The summed E-state index contributed by atoms with van der Waals surface area (Å²) >= 11 is 0. The lowest BCUT2D eigenvalue weighted by atomic mass is 9.90. The van der Waals surface area contributed by atoms with Gasteiger partial charge in [0.1, 0.15) is 5.76 Å². The maximum Gasteiger partial charge on any atom is 0.254 e. The molecule has 3 rings (SSSR count). The molecule has 132 valence electrons. The van der Waals surface area contributed by atoms with E-state index in [0.29, 0.717) is 18.0 Å². The Balaban J connectivity index is 1.75. The van der Waals surface area contributed by atoms with Crippen molar-refractivity contribution in [2.24, 2.45) is 5.92 Å². The molecule has 1 aromatic heterocycles. The van der Waals surface area contributed by atoms with E-state index in [4.69, 9.17) is 4.42 Å². The highest BCUT2D eigenvalue weighted by atomic mass is 16.3. The molecule has 1 N–H and O–H groups in total. The lowest BCUT2D eigenvalue weighted by Crippen LogP contribution is -2.40. The number of piperidine rings is 1. The van der Waals surface area contributed by atoms with Gasteiger partial charge in [-0.05, 0) is 48.6 Å². The minimum absolute atomic E-state index is 0.00898. The smallest absolute Gasteiger partial charge is 0.254 e. The van der Waals surface area contributed by atoms with Crippen molar-refractivity contribution in [1.82, 2.24) is 10.2 Å². The highest BCUT2D eigenvalue weighted by molar-refractivity contribution is 5.94. The lowest BCUT2D eigenvalue weighted by molar-refractivity contribution is -0.119. The van der Waals surface area contributed by atoms with Crippen LogP contribution in [0.25, 0.3) is 0 Å². The van der Waals surface area contributed by atoms with E-state index in [1.807, 2.05) is 41.3 Å². The van der Waals surface area contributed by atoms with Crippen molar-refractivity contribution in [2.75, 3.05) is 6.54 Å². The third kappa shape index (κ3) is 4.10. The average Bonchev–Trinajstić information content (AvgIpc) is 3.14. The zero-order valence-electron chi connectivity index (χ0n) is 14.7. The van der Waals surface area contributed by atoms with Crippen LogP contribution in [0.2, 0.25) is 0 Å². The zero-order valence-corrected chi connectivity index (χ0v) is 14.7. The van der Waals surface area contributed by atoms with Gasteiger partial charge >= 0.3 is 0 Å². The molecular weight excluding hydrogens is 316 g/mol. The number of carbonyl (C=O) groups is 2. The van der Waals surface area contributed by atoms with Crippen LogP contribution in [-0.2, 0) is 11.3 Å². The maximum atomic E-state index is 13.0. The second-order valence-corrected chi connectivity index (χ2v) is 6.77. The molecule has 2 heterocycles. The molecule has 2 amide bonds. The van der Waals surface area contributed by atoms with Crippen molar-refractivity contribution in [3.8, 4) is 0 Å². The van der Waals surface area contributed by atoms with Crippen molar-refractivity contribution in [2.45, 2.75) is 39.3 Å². The fraction of sp³-hybridized carbons (Fsp3) is 0.400. The van der Waals surface area contributed by atoms with Gasteiger partial charge in [0, 0.05) is 25.6 Å². The average molecular weight is 340 g/mol. The Morgan fingerprint density at radius 1 is 1.24 bits per heavy atom. The monoisotopic (exact) mass is 340 g/mol. The van der Waals surface area contributed by atoms with Gasteiger partial charge in [0.05, 0.1) is 12.3 Å². The van der Waals surface area contributed by atoms with Gasteiger partial charge in [-0.3, -0.25) is 9.59 Å². The summed E-state index contributed by atoms with van der Waals surface area (Å²) in [6.45, 7) is 4.91. The summed E-state index contributed by atoms with van der Waals surface area (Å²) in [4.78, 5) is 25.9. The number of hydrogen-bond donors (Lipinski definition) is 1. The van der Waals surface area contributed by atoms with Gasteiger partial charge in [0.15, 0.2) is 0 Å². The van der Waals surface area contributed by atoms with Crippen LogP contribution in [0.15, 0.2) is 47.1 Å². The van der Waals surface area contributed by atoms with Crippen molar-refractivity contribution in [3.05, 3.63) is 59.5 Å². The molecular formula is C20H24N2O3. The summed E-state index contributed by atoms with van der Waals surface area (Å²) in [5.41, 5.74) is 1.64. The van der Waals surface area contributed by atoms with E-state index >= 15 is 0 Å². The molecule has 0 spiro atoms. The topological polar surface area (TPSA) is 62.6 Å². The van der Waals surface area contributed by atoms with Crippen molar-refractivity contribution in [1.29, 1.82) is 0 Å². The lowest BCUT2D eigenvalue weighted by Gasteiger charge is -2.37. The Kier molecular flexibility index (Phi) is 5.22. The van der Waals surface area contributed by atoms with Crippen molar-refractivity contribution < 1.29 is 14.0 Å². The van der Waals surface area contributed by atoms with Crippen LogP contribution in [0.4, 0.5) is 0 Å². The maximum absolute atomic E-state index is 13.0. The third-order valence-corrected chi connectivity index (χ3v) is 4.74. The minimum Gasteiger partial charge on any atom is -0.467 e. The summed E-state index contributed by atoms with van der Waals surface area (Å²) < 4.78 is 5.58. The van der Waals surface area contributed by atoms with Gasteiger partial charge in [-0.2, -0.15) is 0 Å². The summed E-state index contributed by atoms with van der Waals surface area (Å²) in [5.74, 6) is 1.38. The first kappa shape index (κ1) is 17.3. The summed E-state index contributed by atoms with van der Waals surface area (Å²) in [6, 6.07) is 11.2. The van der Waals surface area contributed by atoms with Crippen molar-refractivity contribution in [3.63, 3.8) is 0 Å².